The molecule has 0 atom stereocenters. The topological polar surface area (TPSA) is 73.8 Å². The highest BCUT2D eigenvalue weighted by atomic mass is 35.5. The fourth-order valence-corrected chi connectivity index (χ4v) is 3.28. The summed E-state index contributed by atoms with van der Waals surface area (Å²) in [6.07, 6.45) is 1.61. The molecule has 9 heteroatoms. The Hall–Kier alpha value is -2.64. The van der Waals surface area contributed by atoms with Gasteiger partial charge >= 0.3 is 5.63 Å². The van der Waals surface area contributed by atoms with Crippen LogP contribution in [0.25, 0.3) is 28.3 Å². The van der Waals surface area contributed by atoms with E-state index in [0.717, 1.165) is 5.56 Å². The van der Waals surface area contributed by atoms with Crippen LogP contribution >= 0.6 is 23.2 Å². The molecule has 0 saturated heterocycles. The Labute approximate surface area is 165 Å². The molecule has 0 saturated carbocycles. The predicted molar refractivity (Wildman–Crippen MR) is 107 cm³/mol. The number of rotatable bonds is 3. The van der Waals surface area contributed by atoms with E-state index in [1.54, 1.807) is 36.5 Å². The average Bonchev–Trinajstić information content (AvgIpc) is 3.07. The third kappa shape index (κ3) is 3.13. The van der Waals surface area contributed by atoms with Crippen molar-refractivity contribution in [2.24, 2.45) is 0 Å². The number of halogens is 2. The quantitative estimate of drug-likeness (QED) is 0.495. The number of fused-ring (bicyclic) bond motifs is 1. The van der Waals surface area contributed by atoms with Crippen molar-refractivity contribution >= 4 is 47.0 Å². The minimum Gasteiger partial charge on any atom is -0.401 e. The molecule has 1 aromatic carbocycles. The monoisotopic (exact) mass is 397 g/mol. The Morgan fingerprint density at radius 2 is 2.04 bits per heavy atom. The van der Waals surface area contributed by atoms with Crippen molar-refractivity contribution in [1.82, 2.24) is 19.7 Å². The second-order valence-electron chi connectivity index (χ2n) is 5.89. The minimum absolute atomic E-state index is 0.125. The van der Waals surface area contributed by atoms with E-state index in [0.29, 0.717) is 38.1 Å². The molecule has 0 N–H and O–H groups in total. The summed E-state index contributed by atoms with van der Waals surface area (Å²) >= 11 is 12.3. The Morgan fingerprint density at radius 1 is 1.22 bits per heavy atom. The lowest BCUT2D eigenvalue weighted by molar-refractivity contribution is 0.513. The Kier molecular flexibility index (Phi) is 4.49. The molecule has 0 bridgehead atoms. The van der Waals surface area contributed by atoms with Gasteiger partial charge in [-0.2, -0.15) is 5.10 Å². The molecule has 0 unspecified atom stereocenters. The SMILES string of the molecule is C[B]c1cc(-c2nc3c(C)cc(Cl)cc3c(=O)o2)n(-c2ncccc2Cl)n1. The van der Waals surface area contributed by atoms with Crippen LogP contribution in [0.3, 0.4) is 0 Å². The average molecular weight is 398 g/mol. The van der Waals surface area contributed by atoms with E-state index < -0.39 is 5.63 Å². The first-order valence-corrected chi connectivity index (χ1v) is 8.85. The van der Waals surface area contributed by atoms with E-state index in [9.17, 15) is 4.79 Å². The standard InChI is InChI=1S/C18H12BCl2N4O2/c1-9-6-10(20)7-11-15(9)23-17(27-18(11)26)13-8-14(19-2)24-25(13)16-12(21)4-3-5-22-16/h3-8H,1-2H3. The van der Waals surface area contributed by atoms with Crippen LogP contribution in [0.15, 0.2) is 45.7 Å². The van der Waals surface area contributed by atoms with Crippen LogP contribution in [0.4, 0.5) is 0 Å². The Bertz CT molecular complexity index is 1240. The molecular formula is C18H12BCl2N4O2. The van der Waals surface area contributed by atoms with E-state index in [1.165, 1.54) is 4.68 Å². The minimum atomic E-state index is -0.525. The highest BCUT2D eigenvalue weighted by Crippen LogP contribution is 2.26. The van der Waals surface area contributed by atoms with Crippen LogP contribution in [0.1, 0.15) is 5.56 Å². The summed E-state index contributed by atoms with van der Waals surface area (Å²) in [6, 6.07) is 8.49. The van der Waals surface area contributed by atoms with Crippen LogP contribution in [0.5, 0.6) is 0 Å². The van der Waals surface area contributed by atoms with Gasteiger partial charge in [0.25, 0.3) is 0 Å². The zero-order valence-electron chi connectivity index (χ0n) is 14.4. The van der Waals surface area contributed by atoms with Crippen LogP contribution in [-0.2, 0) is 0 Å². The summed E-state index contributed by atoms with van der Waals surface area (Å²) in [5, 5.41) is 5.67. The van der Waals surface area contributed by atoms with E-state index >= 15 is 0 Å². The van der Waals surface area contributed by atoms with Crippen molar-refractivity contribution in [2.75, 3.05) is 0 Å². The van der Waals surface area contributed by atoms with E-state index in [-0.39, 0.29) is 5.89 Å². The molecule has 6 nitrogen and oxygen atoms in total. The Morgan fingerprint density at radius 3 is 2.78 bits per heavy atom. The van der Waals surface area contributed by atoms with E-state index in [2.05, 4.69) is 15.1 Å². The molecule has 0 spiro atoms. The van der Waals surface area contributed by atoms with Gasteiger partial charge in [-0.25, -0.2) is 19.4 Å². The number of aryl methyl sites for hydroxylation is 1. The summed E-state index contributed by atoms with van der Waals surface area (Å²) in [4.78, 5) is 21.3. The molecule has 27 heavy (non-hydrogen) atoms. The second kappa shape index (κ2) is 6.83. The van der Waals surface area contributed by atoms with Gasteiger partial charge in [-0.3, -0.25) is 0 Å². The van der Waals surface area contributed by atoms with Crippen molar-refractivity contribution in [3.63, 3.8) is 0 Å². The van der Waals surface area contributed by atoms with Gasteiger partial charge in [0.1, 0.15) is 5.69 Å². The number of aromatic nitrogens is 4. The fourth-order valence-electron chi connectivity index (χ4n) is 2.80. The maximum atomic E-state index is 12.5. The highest BCUT2D eigenvalue weighted by molar-refractivity contribution is 6.50. The molecule has 3 aromatic heterocycles. The zero-order valence-corrected chi connectivity index (χ0v) is 15.9. The van der Waals surface area contributed by atoms with Crippen LogP contribution in [0, 0.1) is 6.92 Å². The van der Waals surface area contributed by atoms with Crippen molar-refractivity contribution in [2.45, 2.75) is 13.7 Å². The van der Waals surface area contributed by atoms with Gasteiger partial charge in [0.05, 0.1) is 15.9 Å². The fraction of sp³-hybridized carbons (Fsp3) is 0.111. The van der Waals surface area contributed by atoms with Gasteiger partial charge in [-0.05, 0) is 42.8 Å². The summed E-state index contributed by atoms with van der Waals surface area (Å²) in [7, 11) is 1.82. The third-order valence-corrected chi connectivity index (χ3v) is 4.58. The summed E-state index contributed by atoms with van der Waals surface area (Å²) < 4.78 is 6.99. The summed E-state index contributed by atoms with van der Waals surface area (Å²) in [5.41, 5.74) is 1.91. The van der Waals surface area contributed by atoms with Crippen LogP contribution in [0.2, 0.25) is 16.9 Å². The molecule has 0 aliphatic rings. The van der Waals surface area contributed by atoms with Gasteiger partial charge in [0.15, 0.2) is 13.1 Å². The first-order valence-electron chi connectivity index (χ1n) is 8.09. The third-order valence-electron chi connectivity index (χ3n) is 4.07. The number of benzene rings is 1. The lowest BCUT2D eigenvalue weighted by Gasteiger charge is -2.08. The second-order valence-corrected chi connectivity index (χ2v) is 6.73. The summed E-state index contributed by atoms with van der Waals surface area (Å²) in [5.74, 6) is 0.542. The molecule has 0 amide bonds. The maximum Gasteiger partial charge on any atom is 0.347 e. The van der Waals surface area contributed by atoms with Crippen molar-refractivity contribution in [3.8, 4) is 17.4 Å². The predicted octanol–water partition coefficient (Wildman–Crippen LogP) is 3.43. The van der Waals surface area contributed by atoms with Gasteiger partial charge in [0, 0.05) is 16.8 Å². The van der Waals surface area contributed by atoms with Crippen molar-refractivity contribution < 1.29 is 4.42 Å². The number of hydrogen-bond acceptors (Lipinski definition) is 5. The molecule has 4 aromatic rings. The lowest BCUT2D eigenvalue weighted by atomic mass is 9.78. The Balaban J connectivity index is 2.01. The molecule has 133 valence electrons. The number of nitrogens with zero attached hydrogens (tertiary/aromatic N) is 4. The number of pyridine rings is 1. The highest BCUT2D eigenvalue weighted by Gasteiger charge is 2.19. The molecule has 0 fully saturated rings. The van der Waals surface area contributed by atoms with Gasteiger partial charge in [-0.1, -0.05) is 30.0 Å². The first kappa shape index (κ1) is 17.8. The first-order chi connectivity index (χ1) is 13.0. The van der Waals surface area contributed by atoms with Crippen LogP contribution < -0.4 is 11.2 Å². The maximum absolute atomic E-state index is 12.5. The zero-order chi connectivity index (χ0) is 19.1. The molecule has 1 radical (unpaired) electrons. The summed E-state index contributed by atoms with van der Waals surface area (Å²) in [6.45, 7) is 3.69. The normalized spacial score (nSPS) is 11.1. The van der Waals surface area contributed by atoms with Gasteiger partial charge in [-0.15, -0.1) is 0 Å². The van der Waals surface area contributed by atoms with E-state index in [1.807, 2.05) is 21.0 Å². The van der Waals surface area contributed by atoms with Crippen LogP contribution in [-0.4, -0.2) is 27.0 Å². The molecule has 0 aliphatic carbocycles. The number of hydrogen-bond donors (Lipinski definition) is 0. The molecular weight excluding hydrogens is 386 g/mol. The van der Waals surface area contributed by atoms with Gasteiger partial charge < -0.3 is 4.42 Å². The molecule has 3 heterocycles. The molecule has 4 rings (SSSR count). The largest absolute Gasteiger partial charge is 0.401 e. The van der Waals surface area contributed by atoms with E-state index in [4.69, 9.17) is 27.6 Å². The van der Waals surface area contributed by atoms with Crippen molar-refractivity contribution in [3.05, 3.63) is 62.6 Å². The van der Waals surface area contributed by atoms with Crippen molar-refractivity contribution in [1.29, 1.82) is 0 Å². The smallest absolute Gasteiger partial charge is 0.347 e. The lowest BCUT2D eigenvalue weighted by Crippen LogP contribution is -2.14. The molecule has 0 aliphatic heterocycles. The van der Waals surface area contributed by atoms with Gasteiger partial charge in [0.2, 0.25) is 5.89 Å².